The highest BCUT2D eigenvalue weighted by Crippen LogP contribution is 2.22. The van der Waals surface area contributed by atoms with Crippen LogP contribution in [0.25, 0.3) is 0 Å². The van der Waals surface area contributed by atoms with Crippen LogP contribution in [-0.2, 0) is 16.6 Å². The minimum atomic E-state index is -3.72. The quantitative estimate of drug-likeness (QED) is 0.912. The number of imidazole rings is 1. The van der Waals surface area contributed by atoms with E-state index in [-0.39, 0.29) is 16.4 Å². The zero-order valence-electron chi connectivity index (χ0n) is 11.8. The van der Waals surface area contributed by atoms with E-state index in [1.54, 1.807) is 0 Å². The van der Waals surface area contributed by atoms with Gasteiger partial charge >= 0.3 is 0 Å². The summed E-state index contributed by atoms with van der Waals surface area (Å²) in [6.07, 6.45) is 2.49. The van der Waals surface area contributed by atoms with Gasteiger partial charge in [-0.05, 0) is 11.8 Å². The number of sulfonamides is 1. The van der Waals surface area contributed by atoms with Gasteiger partial charge < -0.3 is 4.57 Å². The van der Waals surface area contributed by atoms with E-state index in [1.807, 2.05) is 18.4 Å². The first-order chi connectivity index (χ1) is 8.00. The van der Waals surface area contributed by atoms with Crippen molar-refractivity contribution >= 4 is 10.0 Å². The second-order valence-corrected chi connectivity index (χ2v) is 7.65. The molecule has 0 radical (unpaired) electrons. The lowest BCUT2D eigenvalue weighted by atomic mass is 9.92. The van der Waals surface area contributed by atoms with Crippen molar-refractivity contribution in [1.82, 2.24) is 9.55 Å². The van der Waals surface area contributed by atoms with Gasteiger partial charge in [0.2, 0.25) is 0 Å². The fraction of sp³-hybridized carbons (Fsp3) is 0.750. The topological polar surface area (TPSA) is 78.0 Å². The third kappa shape index (κ3) is 4.10. The normalized spacial score (nSPS) is 13.3. The van der Waals surface area contributed by atoms with Crippen LogP contribution >= 0.6 is 0 Å². The molecule has 1 heterocycles. The summed E-state index contributed by atoms with van der Waals surface area (Å²) in [5.41, 5.74) is 0.195. The van der Waals surface area contributed by atoms with Crippen molar-refractivity contribution < 1.29 is 8.42 Å². The molecule has 0 saturated heterocycles. The molecule has 6 heteroatoms. The van der Waals surface area contributed by atoms with Gasteiger partial charge in [-0.3, -0.25) is 0 Å². The summed E-state index contributed by atoms with van der Waals surface area (Å²) in [5, 5.41) is 5.08. The molecule has 1 aromatic heterocycles. The Morgan fingerprint density at radius 2 is 1.94 bits per heavy atom. The Morgan fingerprint density at radius 1 is 1.39 bits per heavy atom. The van der Waals surface area contributed by atoms with Crippen molar-refractivity contribution in [3.8, 4) is 0 Å². The van der Waals surface area contributed by atoms with E-state index in [9.17, 15) is 8.42 Å². The molecule has 1 aromatic rings. The van der Waals surface area contributed by atoms with Gasteiger partial charge in [-0.15, -0.1) is 0 Å². The molecule has 0 aliphatic rings. The average Bonchev–Trinajstić information content (AvgIpc) is 2.56. The smallest absolute Gasteiger partial charge is 0.257 e. The number of hydrogen-bond acceptors (Lipinski definition) is 3. The van der Waals surface area contributed by atoms with Gasteiger partial charge in [0.25, 0.3) is 10.0 Å². The highest BCUT2D eigenvalue weighted by Gasteiger charge is 2.19. The molecule has 0 aromatic carbocycles. The summed E-state index contributed by atoms with van der Waals surface area (Å²) in [6, 6.07) is 0. The first-order valence-electron chi connectivity index (χ1n) is 6.10. The number of aromatic nitrogens is 2. The molecular formula is C12H23N3O2S. The van der Waals surface area contributed by atoms with Crippen molar-refractivity contribution in [2.75, 3.05) is 0 Å². The molecule has 0 fully saturated rings. The lowest BCUT2D eigenvalue weighted by Crippen LogP contribution is -2.13. The standard InChI is InChI=1S/C12H23N3O2S/c1-9(2)11-14-10(18(13,16)17)8-15(11)7-6-12(3,4)5/h8-9H,6-7H2,1-5H3,(H2,13,16,17). The fourth-order valence-electron chi connectivity index (χ4n) is 1.64. The van der Waals surface area contributed by atoms with Crippen LogP contribution in [0, 0.1) is 5.41 Å². The first-order valence-corrected chi connectivity index (χ1v) is 7.65. The second kappa shape index (κ2) is 5.01. The van der Waals surface area contributed by atoms with Gasteiger partial charge in [0.15, 0.2) is 5.03 Å². The molecule has 0 unspecified atom stereocenters. The molecule has 0 aliphatic heterocycles. The predicted octanol–water partition coefficient (Wildman–Crippen LogP) is 2.09. The number of hydrogen-bond donors (Lipinski definition) is 1. The lowest BCUT2D eigenvalue weighted by molar-refractivity contribution is 0.346. The van der Waals surface area contributed by atoms with Crippen LogP contribution < -0.4 is 5.14 Å². The number of rotatable bonds is 4. The molecule has 1 rings (SSSR count). The Labute approximate surface area is 109 Å². The molecule has 0 saturated carbocycles. The third-order valence-corrected chi connectivity index (χ3v) is 3.48. The predicted molar refractivity (Wildman–Crippen MR) is 71.8 cm³/mol. The van der Waals surface area contributed by atoms with Gasteiger partial charge in [-0.2, -0.15) is 0 Å². The lowest BCUT2D eigenvalue weighted by Gasteiger charge is -2.19. The Balaban J connectivity index is 3.06. The molecule has 0 spiro atoms. The van der Waals surface area contributed by atoms with Crippen molar-refractivity contribution in [2.24, 2.45) is 10.6 Å². The van der Waals surface area contributed by atoms with Crippen molar-refractivity contribution in [3.05, 3.63) is 12.0 Å². The summed E-state index contributed by atoms with van der Waals surface area (Å²) in [7, 11) is -3.72. The summed E-state index contributed by atoms with van der Waals surface area (Å²) >= 11 is 0. The van der Waals surface area contributed by atoms with Crippen LogP contribution in [0.5, 0.6) is 0 Å². The van der Waals surface area contributed by atoms with Crippen molar-refractivity contribution in [1.29, 1.82) is 0 Å². The maximum absolute atomic E-state index is 11.3. The largest absolute Gasteiger partial charge is 0.333 e. The van der Waals surface area contributed by atoms with E-state index >= 15 is 0 Å². The van der Waals surface area contributed by atoms with Crippen LogP contribution in [0.4, 0.5) is 0 Å². The van der Waals surface area contributed by atoms with Gasteiger partial charge in [0, 0.05) is 18.7 Å². The molecule has 104 valence electrons. The van der Waals surface area contributed by atoms with E-state index in [1.165, 1.54) is 6.20 Å². The summed E-state index contributed by atoms with van der Waals surface area (Å²) in [5.74, 6) is 0.934. The average molecular weight is 273 g/mol. The highest BCUT2D eigenvalue weighted by molar-refractivity contribution is 7.89. The Morgan fingerprint density at radius 3 is 2.33 bits per heavy atom. The molecule has 0 atom stereocenters. The minimum Gasteiger partial charge on any atom is -0.333 e. The number of nitrogens with two attached hydrogens (primary N) is 1. The van der Waals surface area contributed by atoms with Gasteiger partial charge in [-0.25, -0.2) is 18.5 Å². The highest BCUT2D eigenvalue weighted by atomic mass is 32.2. The van der Waals surface area contributed by atoms with Crippen molar-refractivity contribution in [3.63, 3.8) is 0 Å². The van der Waals surface area contributed by atoms with Crippen LogP contribution in [0.3, 0.4) is 0 Å². The first kappa shape index (κ1) is 15.2. The van der Waals surface area contributed by atoms with Crippen molar-refractivity contribution in [2.45, 2.75) is 58.5 Å². The zero-order valence-corrected chi connectivity index (χ0v) is 12.6. The summed E-state index contributed by atoms with van der Waals surface area (Å²) in [4.78, 5) is 4.13. The second-order valence-electron chi connectivity index (χ2n) is 6.14. The van der Waals surface area contributed by atoms with Crippen LogP contribution in [0.1, 0.15) is 52.8 Å². The summed E-state index contributed by atoms with van der Waals surface area (Å²) < 4.78 is 24.5. The number of nitrogens with zero attached hydrogens (tertiary/aromatic N) is 2. The molecule has 0 bridgehead atoms. The Kier molecular flexibility index (Phi) is 4.23. The Hall–Kier alpha value is -0.880. The van der Waals surface area contributed by atoms with E-state index in [0.717, 1.165) is 18.8 Å². The van der Waals surface area contributed by atoms with Crippen LogP contribution in [0.2, 0.25) is 0 Å². The monoisotopic (exact) mass is 273 g/mol. The molecule has 18 heavy (non-hydrogen) atoms. The van der Waals surface area contributed by atoms with Crippen LogP contribution in [0.15, 0.2) is 11.2 Å². The van der Waals surface area contributed by atoms with E-state index in [0.29, 0.717) is 0 Å². The maximum Gasteiger partial charge on any atom is 0.257 e. The maximum atomic E-state index is 11.3. The minimum absolute atomic E-state index is 0.0416. The molecule has 2 N–H and O–H groups in total. The third-order valence-electron chi connectivity index (χ3n) is 2.70. The molecular weight excluding hydrogens is 250 g/mol. The molecule has 0 amide bonds. The number of aryl methyl sites for hydroxylation is 1. The fourth-order valence-corrected chi connectivity index (χ4v) is 2.13. The van der Waals surface area contributed by atoms with E-state index in [2.05, 4.69) is 25.8 Å². The number of primary sulfonamides is 1. The van der Waals surface area contributed by atoms with Crippen LogP contribution in [-0.4, -0.2) is 18.0 Å². The van der Waals surface area contributed by atoms with E-state index in [4.69, 9.17) is 5.14 Å². The zero-order chi connectivity index (χ0) is 14.1. The van der Waals surface area contributed by atoms with Gasteiger partial charge in [-0.1, -0.05) is 34.6 Å². The SMILES string of the molecule is CC(C)c1nc(S(N)(=O)=O)cn1CCC(C)(C)C. The Bertz CT molecular complexity index is 510. The van der Waals surface area contributed by atoms with E-state index < -0.39 is 10.0 Å². The molecule has 5 nitrogen and oxygen atoms in total. The van der Waals surface area contributed by atoms with Gasteiger partial charge in [0.05, 0.1) is 0 Å². The molecule has 0 aliphatic carbocycles. The summed E-state index contributed by atoms with van der Waals surface area (Å²) in [6.45, 7) is 11.2. The van der Waals surface area contributed by atoms with Gasteiger partial charge in [0.1, 0.15) is 5.82 Å².